The summed E-state index contributed by atoms with van der Waals surface area (Å²) in [6, 6.07) is 0. The minimum atomic E-state index is -4.52. The molecular weight excluding hydrogens is 277 g/mol. The largest absolute Gasteiger partial charge is 0.469 e. The van der Waals surface area contributed by atoms with Gasteiger partial charge in [-0.05, 0) is 0 Å². The maximum atomic E-state index is 11.6. The van der Waals surface area contributed by atoms with E-state index in [0.29, 0.717) is 0 Å². The van der Waals surface area contributed by atoms with Gasteiger partial charge in [-0.25, -0.2) is 4.57 Å². The zero-order valence-corrected chi connectivity index (χ0v) is 11.4. The van der Waals surface area contributed by atoms with Gasteiger partial charge in [0.2, 0.25) is 5.91 Å². The molecule has 0 radical (unpaired) electrons. The van der Waals surface area contributed by atoms with E-state index in [1.165, 1.54) is 16.8 Å². The van der Waals surface area contributed by atoms with Crippen molar-refractivity contribution in [2.75, 3.05) is 33.4 Å². The Kier molecular flexibility index (Phi) is 5.45. The second kappa shape index (κ2) is 6.44. The third kappa shape index (κ3) is 4.88. The number of hydrogen-bond acceptors (Lipinski definition) is 5. The van der Waals surface area contributed by atoms with Gasteiger partial charge in [0.05, 0.1) is 6.61 Å². The molecule has 1 heterocycles. The van der Waals surface area contributed by atoms with E-state index < -0.39 is 7.82 Å². The van der Waals surface area contributed by atoms with Crippen LogP contribution >= 0.6 is 7.82 Å². The normalized spacial score (nSPS) is 19.9. The molecule has 1 saturated heterocycles. The summed E-state index contributed by atoms with van der Waals surface area (Å²) in [5, 5.41) is 16.8. The van der Waals surface area contributed by atoms with Gasteiger partial charge < -0.3 is 19.8 Å². The summed E-state index contributed by atoms with van der Waals surface area (Å²) in [6.45, 7) is -0.0233. The van der Waals surface area contributed by atoms with Crippen molar-refractivity contribution in [1.29, 1.82) is 5.41 Å². The molecule has 0 saturated carbocycles. The molecule has 1 rings (SSSR count). The number of carbonyl (C=O) groups excluding carboxylic acids is 1. The average molecular weight is 295 g/mol. The van der Waals surface area contributed by atoms with Crippen LogP contribution in [0.3, 0.4) is 0 Å². The lowest BCUT2D eigenvalue weighted by Gasteiger charge is -2.26. The summed E-state index contributed by atoms with van der Waals surface area (Å²) in [7, 11) is -3.00. The van der Waals surface area contributed by atoms with Crippen LogP contribution < -0.4 is 0 Å². The van der Waals surface area contributed by atoms with E-state index in [4.69, 9.17) is 20.3 Å². The van der Waals surface area contributed by atoms with Gasteiger partial charge in [-0.15, -0.1) is 0 Å². The van der Waals surface area contributed by atoms with Crippen LogP contribution in [0.1, 0.15) is 6.42 Å². The first-order valence-electron chi connectivity index (χ1n) is 5.65. The lowest BCUT2D eigenvalue weighted by Crippen LogP contribution is -2.43. The number of phosphoric acid groups is 1. The summed E-state index contributed by atoms with van der Waals surface area (Å²) in [6.07, 6.45) is 0.200. The van der Waals surface area contributed by atoms with Crippen LogP contribution in [0, 0.1) is 11.3 Å². The van der Waals surface area contributed by atoms with Gasteiger partial charge in [0.1, 0.15) is 0 Å². The maximum absolute atomic E-state index is 11.6. The third-order valence-electron chi connectivity index (χ3n) is 2.77. The summed E-state index contributed by atoms with van der Waals surface area (Å²) in [5.41, 5.74) is 0. The average Bonchev–Trinajstić information content (AvgIpc) is 2.67. The number of amides is 1. The molecule has 4 N–H and O–H groups in total. The van der Waals surface area contributed by atoms with Gasteiger partial charge in [-0.3, -0.25) is 19.6 Å². The molecule has 1 aliphatic heterocycles. The highest BCUT2D eigenvalue weighted by Gasteiger charge is 2.32. The molecule has 0 aromatic heterocycles. The van der Waals surface area contributed by atoms with E-state index in [9.17, 15) is 9.36 Å². The Hall–Kier alpha value is -0.990. The molecule has 1 unspecified atom stereocenters. The quantitative estimate of drug-likeness (QED) is 0.284. The number of carbonyl (C=O) groups is 1. The van der Waals surface area contributed by atoms with E-state index >= 15 is 0 Å². The molecule has 0 spiro atoms. The molecule has 0 aromatic carbocycles. The number of nitrogens with one attached hydrogen (secondary N) is 1. The fourth-order valence-corrected chi connectivity index (χ4v) is 2.04. The molecule has 1 atom stereocenters. The van der Waals surface area contributed by atoms with Crippen LogP contribution in [0.5, 0.6) is 0 Å². The monoisotopic (exact) mass is 295 g/mol. The molecule has 1 aliphatic rings. The number of guanidine groups is 1. The molecule has 0 bridgehead atoms. The number of likely N-dealkylation sites (N-methyl/N-ethyl adjacent to an activating group) is 1. The molecular formula is C9H18N3O6P. The minimum Gasteiger partial charge on any atom is -0.396 e. The smallest absolute Gasteiger partial charge is 0.396 e. The predicted molar refractivity (Wildman–Crippen MR) is 65.3 cm³/mol. The molecule has 9 nitrogen and oxygen atoms in total. The number of aliphatic hydroxyl groups is 1. The van der Waals surface area contributed by atoms with Crippen LogP contribution in [0.15, 0.2) is 0 Å². The molecule has 10 heteroatoms. The van der Waals surface area contributed by atoms with Crippen molar-refractivity contribution >= 4 is 19.7 Å². The number of aliphatic hydroxyl groups excluding tert-OH is 1. The Balaban J connectivity index is 2.44. The summed E-state index contributed by atoms with van der Waals surface area (Å²) >= 11 is 0. The topological polar surface area (TPSA) is 134 Å². The van der Waals surface area contributed by atoms with E-state index in [2.05, 4.69) is 4.52 Å². The van der Waals surface area contributed by atoms with Crippen molar-refractivity contribution in [3.05, 3.63) is 0 Å². The SMILES string of the molecule is CN(CCOP(=O)(O)O)C(=N)N1CC(CO)CC1=O. The first-order chi connectivity index (χ1) is 8.74. The first-order valence-corrected chi connectivity index (χ1v) is 7.18. The summed E-state index contributed by atoms with van der Waals surface area (Å²) < 4.78 is 14.7. The van der Waals surface area contributed by atoms with Crippen LogP contribution in [-0.4, -0.2) is 69.9 Å². The molecule has 1 fully saturated rings. The van der Waals surface area contributed by atoms with Crippen molar-refractivity contribution in [1.82, 2.24) is 9.80 Å². The number of phosphoric ester groups is 1. The molecule has 1 amide bonds. The highest BCUT2D eigenvalue weighted by molar-refractivity contribution is 7.46. The van der Waals surface area contributed by atoms with E-state index in [0.717, 1.165) is 0 Å². The highest BCUT2D eigenvalue weighted by Crippen LogP contribution is 2.35. The number of nitrogens with zero attached hydrogens (tertiary/aromatic N) is 2. The Bertz CT molecular complexity index is 397. The zero-order valence-electron chi connectivity index (χ0n) is 10.5. The Labute approximate surface area is 110 Å². The van der Waals surface area contributed by atoms with Crippen molar-refractivity contribution in [2.45, 2.75) is 6.42 Å². The van der Waals surface area contributed by atoms with Crippen molar-refractivity contribution in [3.63, 3.8) is 0 Å². The van der Waals surface area contributed by atoms with Crippen LogP contribution in [0.4, 0.5) is 0 Å². The van der Waals surface area contributed by atoms with Crippen molar-refractivity contribution < 1.29 is 28.8 Å². The van der Waals surface area contributed by atoms with Crippen LogP contribution in [-0.2, 0) is 13.9 Å². The molecule has 110 valence electrons. The Morgan fingerprint density at radius 2 is 2.26 bits per heavy atom. The summed E-state index contributed by atoms with van der Waals surface area (Å²) in [4.78, 5) is 31.2. The van der Waals surface area contributed by atoms with Gasteiger partial charge in [0, 0.05) is 39.1 Å². The van der Waals surface area contributed by atoms with E-state index in [1.807, 2.05) is 0 Å². The second-order valence-corrected chi connectivity index (χ2v) is 5.57. The van der Waals surface area contributed by atoms with Crippen LogP contribution in [0.25, 0.3) is 0 Å². The predicted octanol–water partition coefficient (Wildman–Crippen LogP) is -1.20. The van der Waals surface area contributed by atoms with Gasteiger partial charge in [0.25, 0.3) is 0 Å². The summed E-state index contributed by atoms with van der Waals surface area (Å²) in [5.74, 6) is -0.491. The van der Waals surface area contributed by atoms with E-state index in [1.54, 1.807) is 0 Å². The third-order valence-corrected chi connectivity index (χ3v) is 3.29. The van der Waals surface area contributed by atoms with E-state index in [-0.39, 0.29) is 50.5 Å². The van der Waals surface area contributed by atoms with Gasteiger partial charge in [-0.2, -0.15) is 0 Å². The zero-order chi connectivity index (χ0) is 14.6. The minimum absolute atomic E-state index is 0.0670. The maximum Gasteiger partial charge on any atom is 0.469 e. The van der Waals surface area contributed by atoms with Gasteiger partial charge in [-0.1, -0.05) is 0 Å². The van der Waals surface area contributed by atoms with Crippen molar-refractivity contribution in [3.8, 4) is 0 Å². The fraction of sp³-hybridized carbons (Fsp3) is 0.778. The highest BCUT2D eigenvalue weighted by atomic mass is 31.2. The lowest BCUT2D eigenvalue weighted by atomic mass is 10.1. The number of rotatable bonds is 5. The molecule has 19 heavy (non-hydrogen) atoms. The Morgan fingerprint density at radius 3 is 2.74 bits per heavy atom. The second-order valence-electron chi connectivity index (χ2n) is 4.33. The Morgan fingerprint density at radius 1 is 1.63 bits per heavy atom. The van der Waals surface area contributed by atoms with Crippen LogP contribution in [0.2, 0.25) is 0 Å². The lowest BCUT2D eigenvalue weighted by molar-refractivity contribution is -0.125. The first kappa shape index (κ1) is 16.1. The molecule has 0 aliphatic carbocycles. The fourth-order valence-electron chi connectivity index (χ4n) is 1.72. The van der Waals surface area contributed by atoms with Gasteiger partial charge in [0.15, 0.2) is 5.96 Å². The molecule has 0 aromatic rings. The number of likely N-dealkylation sites (tertiary alicyclic amines) is 1. The van der Waals surface area contributed by atoms with Crippen molar-refractivity contribution in [2.24, 2.45) is 5.92 Å². The standard InChI is InChI=1S/C9H18N3O6P/c1-11(2-3-18-19(15,16)17)9(10)12-5-7(6-13)4-8(12)14/h7,10,13H,2-6H2,1H3,(H2,15,16,17). The number of hydrogen-bond donors (Lipinski definition) is 4. The van der Waals surface area contributed by atoms with Gasteiger partial charge >= 0.3 is 7.82 Å².